The van der Waals surface area contributed by atoms with Crippen LogP contribution in [0, 0.1) is 6.92 Å². The van der Waals surface area contributed by atoms with Crippen LogP contribution >= 0.6 is 0 Å². The fourth-order valence-corrected chi connectivity index (χ4v) is 2.08. The highest BCUT2D eigenvalue weighted by Crippen LogP contribution is 2.13. The SMILES string of the molecule is C=C(C)C(=O)OCCCOC(=O)c1ccc(C=Nc2ccc(C)cc2)cc1. The molecule has 0 saturated heterocycles. The standard InChI is InChI=1S/C22H23NO4/c1-16(2)21(24)26-13-4-14-27-22(25)19-9-7-18(8-10-19)15-23-20-11-5-17(3)6-12-20/h5-12,15H,1,4,13-14H2,2-3H3. The average Bonchev–Trinajstić information content (AvgIpc) is 2.67. The van der Waals surface area contributed by atoms with Gasteiger partial charge in [0.15, 0.2) is 0 Å². The molecule has 27 heavy (non-hydrogen) atoms. The van der Waals surface area contributed by atoms with Crippen molar-refractivity contribution in [2.45, 2.75) is 20.3 Å². The summed E-state index contributed by atoms with van der Waals surface area (Å²) in [6.07, 6.45) is 2.18. The number of hydrogen-bond acceptors (Lipinski definition) is 5. The molecule has 0 unspecified atom stereocenters. The second-order valence-electron chi connectivity index (χ2n) is 6.12. The molecule has 0 aliphatic carbocycles. The fraction of sp³-hybridized carbons (Fsp3) is 0.227. The van der Waals surface area contributed by atoms with Gasteiger partial charge >= 0.3 is 11.9 Å². The van der Waals surface area contributed by atoms with Gasteiger partial charge in [-0.05, 0) is 43.7 Å². The summed E-state index contributed by atoms with van der Waals surface area (Å²) >= 11 is 0. The minimum absolute atomic E-state index is 0.180. The number of hydrogen-bond donors (Lipinski definition) is 0. The Labute approximate surface area is 159 Å². The quantitative estimate of drug-likeness (QED) is 0.301. The molecule has 5 nitrogen and oxygen atoms in total. The van der Waals surface area contributed by atoms with Crippen molar-refractivity contribution in [3.05, 3.63) is 77.4 Å². The minimum Gasteiger partial charge on any atom is -0.462 e. The third-order valence-corrected chi connectivity index (χ3v) is 3.65. The third kappa shape index (κ3) is 6.90. The van der Waals surface area contributed by atoms with Gasteiger partial charge in [-0.25, -0.2) is 9.59 Å². The number of nitrogens with zero attached hydrogens (tertiary/aromatic N) is 1. The maximum absolute atomic E-state index is 12.0. The van der Waals surface area contributed by atoms with Gasteiger partial charge < -0.3 is 9.47 Å². The summed E-state index contributed by atoms with van der Waals surface area (Å²) in [5, 5.41) is 0. The molecule has 140 valence electrons. The fourth-order valence-electron chi connectivity index (χ4n) is 2.08. The molecule has 0 radical (unpaired) electrons. The van der Waals surface area contributed by atoms with Crippen LogP contribution < -0.4 is 0 Å². The van der Waals surface area contributed by atoms with Crippen molar-refractivity contribution in [1.82, 2.24) is 0 Å². The number of carbonyl (C=O) groups is 2. The first-order valence-electron chi connectivity index (χ1n) is 8.66. The Bertz CT molecular complexity index is 820. The molecule has 2 aromatic carbocycles. The van der Waals surface area contributed by atoms with E-state index in [2.05, 4.69) is 11.6 Å². The summed E-state index contributed by atoms with van der Waals surface area (Å²) in [4.78, 5) is 27.6. The number of aryl methyl sites for hydroxylation is 1. The molecule has 0 aliphatic rings. The van der Waals surface area contributed by atoms with Gasteiger partial charge in [0.1, 0.15) is 0 Å². The highest BCUT2D eigenvalue weighted by atomic mass is 16.5. The van der Waals surface area contributed by atoms with Crippen LogP contribution in [0.25, 0.3) is 0 Å². The molecule has 0 aromatic heterocycles. The van der Waals surface area contributed by atoms with Gasteiger partial charge in [-0.3, -0.25) is 4.99 Å². The zero-order chi connectivity index (χ0) is 19.6. The predicted molar refractivity (Wildman–Crippen MR) is 106 cm³/mol. The van der Waals surface area contributed by atoms with E-state index in [0.29, 0.717) is 17.6 Å². The second-order valence-corrected chi connectivity index (χ2v) is 6.12. The molecule has 0 aliphatic heterocycles. The van der Waals surface area contributed by atoms with Crippen LogP contribution in [0.1, 0.15) is 34.8 Å². The number of esters is 2. The normalized spacial score (nSPS) is 10.6. The van der Waals surface area contributed by atoms with Crippen molar-refractivity contribution in [3.63, 3.8) is 0 Å². The molecular formula is C22H23NO4. The summed E-state index contributed by atoms with van der Waals surface area (Å²) in [6.45, 7) is 7.47. The van der Waals surface area contributed by atoms with Gasteiger partial charge in [0.25, 0.3) is 0 Å². The molecule has 0 fully saturated rings. The van der Waals surface area contributed by atoms with Gasteiger partial charge in [-0.15, -0.1) is 0 Å². The first kappa shape index (κ1) is 20.1. The van der Waals surface area contributed by atoms with E-state index in [9.17, 15) is 9.59 Å². The third-order valence-electron chi connectivity index (χ3n) is 3.65. The number of carbonyl (C=O) groups excluding carboxylic acids is 2. The molecule has 0 atom stereocenters. The van der Waals surface area contributed by atoms with Crippen molar-refractivity contribution in [3.8, 4) is 0 Å². The van der Waals surface area contributed by atoms with E-state index >= 15 is 0 Å². The Morgan fingerprint density at radius 1 is 1.00 bits per heavy atom. The maximum Gasteiger partial charge on any atom is 0.338 e. The Morgan fingerprint density at radius 2 is 1.63 bits per heavy atom. The lowest BCUT2D eigenvalue weighted by Crippen LogP contribution is -2.11. The summed E-state index contributed by atoms with van der Waals surface area (Å²) in [7, 11) is 0. The van der Waals surface area contributed by atoms with Gasteiger partial charge in [0.2, 0.25) is 0 Å². The van der Waals surface area contributed by atoms with E-state index in [1.165, 1.54) is 5.56 Å². The topological polar surface area (TPSA) is 65.0 Å². The van der Waals surface area contributed by atoms with Gasteiger partial charge in [0.05, 0.1) is 24.5 Å². The lowest BCUT2D eigenvalue weighted by molar-refractivity contribution is -0.139. The Kier molecular flexibility index (Phi) is 7.49. The lowest BCUT2D eigenvalue weighted by Gasteiger charge is -2.06. The van der Waals surface area contributed by atoms with Crippen molar-refractivity contribution < 1.29 is 19.1 Å². The lowest BCUT2D eigenvalue weighted by atomic mass is 10.1. The summed E-state index contributed by atoms with van der Waals surface area (Å²) in [5.74, 6) is -0.854. The van der Waals surface area contributed by atoms with Gasteiger partial charge in [-0.2, -0.15) is 0 Å². The zero-order valence-corrected chi connectivity index (χ0v) is 15.6. The summed E-state index contributed by atoms with van der Waals surface area (Å²) < 4.78 is 10.1. The van der Waals surface area contributed by atoms with E-state index in [-0.39, 0.29) is 13.2 Å². The van der Waals surface area contributed by atoms with Crippen LogP contribution in [0.4, 0.5) is 5.69 Å². The highest BCUT2D eigenvalue weighted by Gasteiger charge is 2.07. The summed E-state index contributed by atoms with van der Waals surface area (Å²) in [6, 6.07) is 14.9. The molecule has 0 N–H and O–H groups in total. The molecular weight excluding hydrogens is 342 g/mol. The van der Waals surface area contributed by atoms with Crippen LogP contribution in [0.5, 0.6) is 0 Å². The molecule has 0 saturated carbocycles. The van der Waals surface area contributed by atoms with Crippen LogP contribution in [0.3, 0.4) is 0 Å². The van der Waals surface area contributed by atoms with Crippen molar-refractivity contribution in [2.75, 3.05) is 13.2 Å². The van der Waals surface area contributed by atoms with Crippen LogP contribution in [0.2, 0.25) is 0 Å². The number of rotatable bonds is 8. The Hall–Kier alpha value is -3.21. The average molecular weight is 365 g/mol. The van der Waals surface area contributed by atoms with E-state index in [4.69, 9.17) is 9.47 Å². The van der Waals surface area contributed by atoms with Crippen LogP contribution in [-0.4, -0.2) is 31.4 Å². The Morgan fingerprint density at radius 3 is 2.26 bits per heavy atom. The van der Waals surface area contributed by atoms with Gasteiger partial charge in [0, 0.05) is 18.2 Å². The van der Waals surface area contributed by atoms with Crippen molar-refractivity contribution in [1.29, 1.82) is 0 Å². The molecule has 0 bridgehead atoms. The van der Waals surface area contributed by atoms with Crippen molar-refractivity contribution in [2.24, 2.45) is 4.99 Å². The molecule has 0 spiro atoms. The predicted octanol–water partition coefficient (Wildman–Crippen LogP) is 4.41. The van der Waals surface area contributed by atoms with Crippen LogP contribution in [-0.2, 0) is 14.3 Å². The largest absolute Gasteiger partial charge is 0.462 e. The Balaban J connectivity index is 1.78. The number of ether oxygens (including phenoxy) is 2. The van der Waals surface area contributed by atoms with E-state index in [1.54, 1.807) is 25.3 Å². The molecule has 2 aromatic rings. The van der Waals surface area contributed by atoms with E-state index in [1.807, 2.05) is 43.3 Å². The first-order valence-corrected chi connectivity index (χ1v) is 8.66. The summed E-state index contributed by atoms with van der Waals surface area (Å²) in [5.41, 5.74) is 3.75. The monoisotopic (exact) mass is 365 g/mol. The minimum atomic E-state index is -0.441. The molecule has 0 amide bonds. The zero-order valence-electron chi connectivity index (χ0n) is 15.6. The number of aliphatic imine (C=N–C) groups is 1. The smallest absolute Gasteiger partial charge is 0.338 e. The molecule has 2 rings (SSSR count). The first-order chi connectivity index (χ1) is 13.0. The molecule has 5 heteroatoms. The highest BCUT2D eigenvalue weighted by molar-refractivity contribution is 5.91. The van der Waals surface area contributed by atoms with Crippen LogP contribution in [0.15, 0.2) is 65.7 Å². The van der Waals surface area contributed by atoms with Gasteiger partial charge in [-0.1, -0.05) is 36.4 Å². The second kappa shape index (κ2) is 10.1. The molecule has 0 heterocycles. The maximum atomic E-state index is 12.0. The number of benzene rings is 2. The van der Waals surface area contributed by atoms with Crippen molar-refractivity contribution >= 4 is 23.8 Å². The van der Waals surface area contributed by atoms with E-state index in [0.717, 1.165) is 11.3 Å². The van der Waals surface area contributed by atoms with E-state index < -0.39 is 11.9 Å².